The molecule has 0 radical (unpaired) electrons. The second kappa shape index (κ2) is 11.0. The van der Waals surface area contributed by atoms with Gasteiger partial charge in [-0.1, -0.05) is 42.8 Å². The average molecular weight is 431 g/mol. The van der Waals surface area contributed by atoms with Crippen LogP contribution in [0.5, 0.6) is 5.75 Å². The standard InChI is InChI=1S/C24H31ClN2O3/c1-6-11-26-24(29)19(5)27(14-20-9-7-8-10-21(20)25)23(28)15-30-22-13-16(2)12-17(3)18(22)4/h7-10,12-13,19H,6,11,14-15H2,1-5H3,(H,26,29)/t19-/m1/s1. The molecule has 0 saturated carbocycles. The zero-order valence-electron chi connectivity index (χ0n) is 18.4. The Labute approximate surface area is 184 Å². The summed E-state index contributed by atoms with van der Waals surface area (Å²) in [6.07, 6.45) is 0.825. The molecule has 30 heavy (non-hydrogen) atoms. The van der Waals surface area contributed by atoms with Crippen LogP contribution >= 0.6 is 11.6 Å². The van der Waals surface area contributed by atoms with E-state index in [0.29, 0.717) is 17.3 Å². The molecule has 0 aliphatic rings. The van der Waals surface area contributed by atoms with E-state index < -0.39 is 6.04 Å². The SMILES string of the molecule is CCCNC(=O)[C@@H](C)N(Cc1ccccc1Cl)C(=O)COc1cc(C)cc(C)c1C. The molecule has 0 aromatic heterocycles. The van der Waals surface area contributed by atoms with E-state index in [0.717, 1.165) is 28.7 Å². The van der Waals surface area contributed by atoms with E-state index in [1.54, 1.807) is 13.0 Å². The maximum absolute atomic E-state index is 13.1. The van der Waals surface area contributed by atoms with Crippen molar-refractivity contribution in [3.63, 3.8) is 0 Å². The average Bonchev–Trinajstić information content (AvgIpc) is 2.72. The van der Waals surface area contributed by atoms with Crippen LogP contribution in [0.25, 0.3) is 0 Å². The third-order valence-electron chi connectivity index (χ3n) is 5.13. The topological polar surface area (TPSA) is 58.6 Å². The zero-order valence-corrected chi connectivity index (χ0v) is 19.2. The van der Waals surface area contributed by atoms with Gasteiger partial charge in [0.05, 0.1) is 0 Å². The minimum Gasteiger partial charge on any atom is -0.483 e. The summed E-state index contributed by atoms with van der Waals surface area (Å²) >= 11 is 6.30. The van der Waals surface area contributed by atoms with Crippen LogP contribution in [0, 0.1) is 20.8 Å². The first kappa shape index (κ1) is 23.7. The summed E-state index contributed by atoms with van der Waals surface area (Å²) in [6, 6.07) is 10.7. The summed E-state index contributed by atoms with van der Waals surface area (Å²) in [5.74, 6) is 0.217. The maximum atomic E-state index is 13.1. The number of rotatable bonds is 9. The van der Waals surface area contributed by atoms with Crippen LogP contribution in [0.15, 0.2) is 36.4 Å². The molecule has 2 aromatic carbocycles. The normalized spacial score (nSPS) is 11.7. The first-order chi connectivity index (χ1) is 14.2. The number of halogens is 1. The second-order valence-electron chi connectivity index (χ2n) is 7.57. The molecule has 0 heterocycles. The molecule has 1 atom stereocenters. The molecular weight excluding hydrogens is 400 g/mol. The molecule has 1 N–H and O–H groups in total. The Morgan fingerprint density at radius 3 is 2.53 bits per heavy atom. The van der Waals surface area contributed by atoms with Crippen molar-refractivity contribution in [1.29, 1.82) is 0 Å². The highest BCUT2D eigenvalue weighted by atomic mass is 35.5. The van der Waals surface area contributed by atoms with Crippen molar-refractivity contribution in [2.75, 3.05) is 13.2 Å². The number of benzene rings is 2. The molecule has 0 unspecified atom stereocenters. The van der Waals surface area contributed by atoms with Gasteiger partial charge in [0.15, 0.2) is 6.61 Å². The summed E-state index contributed by atoms with van der Waals surface area (Å²) in [5, 5.41) is 3.42. The van der Waals surface area contributed by atoms with E-state index >= 15 is 0 Å². The molecule has 2 amide bonds. The Hall–Kier alpha value is -2.53. The number of carbonyl (C=O) groups excluding carboxylic acids is 2. The van der Waals surface area contributed by atoms with Gasteiger partial charge in [0, 0.05) is 18.1 Å². The van der Waals surface area contributed by atoms with Crippen LogP contribution in [0.2, 0.25) is 5.02 Å². The van der Waals surface area contributed by atoms with Crippen molar-refractivity contribution in [2.24, 2.45) is 0 Å². The molecule has 2 rings (SSSR count). The fourth-order valence-electron chi connectivity index (χ4n) is 3.16. The molecule has 0 spiro atoms. The Kier molecular flexibility index (Phi) is 8.72. The summed E-state index contributed by atoms with van der Waals surface area (Å²) in [6.45, 7) is 10.3. The molecule has 0 fully saturated rings. The van der Waals surface area contributed by atoms with E-state index in [9.17, 15) is 9.59 Å². The lowest BCUT2D eigenvalue weighted by Crippen LogP contribution is -2.49. The number of aryl methyl sites for hydroxylation is 2. The van der Waals surface area contributed by atoms with Crippen LogP contribution in [-0.4, -0.2) is 35.9 Å². The summed E-state index contributed by atoms with van der Waals surface area (Å²) in [7, 11) is 0. The summed E-state index contributed by atoms with van der Waals surface area (Å²) < 4.78 is 5.86. The zero-order chi connectivity index (χ0) is 22.3. The van der Waals surface area contributed by atoms with Gasteiger partial charge in [0.2, 0.25) is 5.91 Å². The molecule has 5 nitrogen and oxygen atoms in total. The van der Waals surface area contributed by atoms with Crippen molar-refractivity contribution in [2.45, 2.75) is 53.6 Å². The van der Waals surface area contributed by atoms with Gasteiger partial charge < -0.3 is 15.0 Å². The first-order valence-electron chi connectivity index (χ1n) is 10.3. The Morgan fingerprint density at radius 2 is 1.87 bits per heavy atom. The van der Waals surface area contributed by atoms with Crippen molar-refractivity contribution in [3.05, 3.63) is 63.7 Å². The molecule has 2 aromatic rings. The first-order valence-corrected chi connectivity index (χ1v) is 10.6. The monoisotopic (exact) mass is 430 g/mol. The molecule has 0 aliphatic heterocycles. The minimum absolute atomic E-state index is 0.153. The Balaban J connectivity index is 2.21. The van der Waals surface area contributed by atoms with E-state index in [1.807, 2.05) is 52.0 Å². The minimum atomic E-state index is -0.649. The summed E-state index contributed by atoms with van der Waals surface area (Å²) in [4.78, 5) is 27.2. The molecule has 0 saturated heterocycles. The molecule has 162 valence electrons. The van der Waals surface area contributed by atoms with Crippen molar-refractivity contribution in [1.82, 2.24) is 10.2 Å². The highest BCUT2D eigenvalue weighted by Gasteiger charge is 2.27. The lowest BCUT2D eigenvalue weighted by molar-refractivity contribution is -0.142. The largest absolute Gasteiger partial charge is 0.483 e. The van der Waals surface area contributed by atoms with Crippen LogP contribution in [0.4, 0.5) is 0 Å². The van der Waals surface area contributed by atoms with Gasteiger partial charge in [-0.3, -0.25) is 9.59 Å². The number of hydrogen-bond donors (Lipinski definition) is 1. The van der Waals surface area contributed by atoms with Crippen molar-refractivity contribution in [3.8, 4) is 5.75 Å². The highest BCUT2D eigenvalue weighted by Crippen LogP contribution is 2.24. The van der Waals surface area contributed by atoms with Crippen LogP contribution < -0.4 is 10.1 Å². The number of carbonyl (C=O) groups is 2. The van der Waals surface area contributed by atoms with E-state index in [1.165, 1.54) is 4.90 Å². The fraction of sp³-hybridized carbons (Fsp3) is 0.417. The lowest BCUT2D eigenvalue weighted by Gasteiger charge is -2.29. The molecule has 0 bridgehead atoms. The van der Waals surface area contributed by atoms with Gasteiger partial charge in [-0.15, -0.1) is 0 Å². The van der Waals surface area contributed by atoms with Gasteiger partial charge >= 0.3 is 0 Å². The smallest absolute Gasteiger partial charge is 0.261 e. The number of amides is 2. The van der Waals surface area contributed by atoms with Crippen LogP contribution in [0.1, 0.15) is 42.5 Å². The predicted octanol–water partition coefficient (Wildman–Crippen LogP) is 4.59. The third-order valence-corrected chi connectivity index (χ3v) is 5.50. The van der Waals surface area contributed by atoms with E-state index in [2.05, 4.69) is 11.4 Å². The van der Waals surface area contributed by atoms with Crippen LogP contribution in [-0.2, 0) is 16.1 Å². The Bertz CT molecular complexity index is 898. The molecule has 6 heteroatoms. The van der Waals surface area contributed by atoms with Gasteiger partial charge in [0.25, 0.3) is 5.91 Å². The van der Waals surface area contributed by atoms with Crippen molar-refractivity contribution < 1.29 is 14.3 Å². The lowest BCUT2D eigenvalue weighted by atomic mass is 10.1. The number of nitrogens with zero attached hydrogens (tertiary/aromatic N) is 1. The molecule has 0 aliphatic carbocycles. The van der Waals surface area contributed by atoms with Gasteiger partial charge in [0.1, 0.15) is 11.8 Å². The number of ether oxygens (including phenoxy) is 1. The van der Waals surface area contributed by atoms with Gasteiger partial charge in [-0.2, -0.15) is 0 Å². The summed E-state index contributed by atoms with van der Waals surface area (Å²) in [5.41, 5.74) is 3.96. The quantitative estimate of drug-likeness (QED) is 0.633. The predicted molar refractivity (Wildman–Crippen MR) is 121 cm³/mol. The van der Waals surface area contributed by atoms with Gasteiger partial charge in [-0.05, 0) is 68.5 Å². The third kappa shape index (κ3) is 6.23. The Morgan fingerprint density at radius 1 is 1.17 bits per heavy atom. The number of hydrogen-bond acceptors (Lipinski definition) is 3. The van der Waals surface area contributed by atoms with E-state index in [-0.39, 0.29) is 25.0 Å². The highest BCUT2D eigenvalue weighted by molar-refractivity contribution is 6.31. The van der Waals surface area contributed by atoms with Crippen LogP contribution in [0.3, 0.4) is 0 Å². The maximum Gasteiger partial charge on any atom is 0.261 e. The molecular formula is C24H31ClN2O3. The number of nitrogens with one attached hydrogen (secondary N) is 1. The second-order valence-corrected chi connectivity index (χ2v) is 7.98. The fourth-order valence-corrected chi connectivity index (χ4v) is 3.36. The van der Waals surface area contributed by atoms with Crippen molar-refractivity contribution >= 4 is 23.4 Å². The van der Waals surface area contributed by atoms with Gasteiger partial charge in [-0.25, -0.2) is 0 Å². The van der Waals surface area contributed by atoms with E-state index in [4.69, 9.17) is 16.3 Å².